The summed E-state index contributed by atoms with van der Waals surface area (Å²) < 4.78 is 9.09. The molecule has 0 aliphatic rings. The first kappa shape index (κ1) is 10.1. The van der Waals surface area contributed by atoms with E-state index in [2.05, 4.69) is 14.6 Å². The molecule has 0 bridgehead atoms. The number of aromatic nitrogens is 1. The van der Waals surface area contributed by atoms with Gasteiger partial charge < -0.3 is 9.30 Å². The normalized spacial score (nSPS) is 8.77. The van der Waals surface area contributed by atoms with E-state index >= 15 is 0 Å². The van der Waals surface area contributed by atoms with E-state index in [0.29, 0.717) is 12.2 Å². The minimum absolute atomic E-state index is 0.333. The second-order valence-corrected chi connectivity index (χ2v) is 2.82. The fourth-order valence-electron chi connectivity index (χ4n) is 0.957. The highest BCUT2D eigenvalue weighted by Gasteiger charge is 2.08. The van der Waals surface area contributed by atoms with E-state index in [1.165, 1.54) is 7.11 Å². The molecule has 1 aromatic rings. The van der Waals surface area contributed by atoms with Crippen molar-refractivity contribution in [2.24, 2.45) is 0 Å². The molecule has 3 nitrogen and oxygen atoms in total. The molecular formula is C9H8INO2. The fraction of sp³-hybridized carbons (Fsp3) is 0.222. The molecule has 0 saturated heterocycles. The maximum Gasteiger partial charge on any atom is 0.354 e. The molecule has 0 aromatic carbocycles. The molecule has 0 amide bonds. The maximum absolute atomic E-state index is 11.2. The average Bonchev–Trinajstić information content (AvgIpc) is 2.61. The summed E-state index contributed by atoms with van der Waals surface area (Å²) in [6, 6.07) is 3.50. The summed E-state index contributed by atoms with van der Waals surface area (Å²) in [6.45, 7) is 0.514. The predicted octanol–water partition coefficient (Wildman–Crippen LogP) is 1.67. The summed E-state index contributed by atoms with van der Waals surface area (Å²) in [5.74, 6) is 2.53. The largest absolute Gasteiger partial charge is 0.464 e. The van der Waals surface area contributed by atoms with Gasteiger partial charge in [0.05, 0.1) is 13.7 Å². The Morgan fingerprint density at radius 2 is 2.54 bits per heavy atom. The fourth-order valence-corrected chi connectivity index (χ4v) is 1.13. The maximum atomic E-state index is 11.2. The Morgan fingerprint density at radius 1 is 1.77 bits per heavy atom. The van der Waals surface area contributed by atoms with Crippen LogP contribution in [0.5, 0.6) is 0 Å². The Bertz CT molecular complexity index is 359. The van der Waals surface area contributed by atoms with Crippen LogP contribution in [-0.4, -0.2) is 17.6 Å². The highest BCUT2D eigenvalue weighted by atomic mass is 127. The van der Waals surface area contributed by atoms with Crippen molar-refractivity contribution in [1.82, 2.24) is 4.57 Å². The van der Waals surface area contributed by atoms with Gasteiger partial charge in [-0.3, -0.25) is 0 Å². The second kappa shape index (κ2) is 4.92. The highest BCUT2D eigenvalue weighted by molar-refractivity contribution is 14.1. The number of carbonyl (C=O) groups is 1. The van der Waals surface area contributed by atoms with Gasteiger partial charge in [-0.15, -0.1) is 0 Å². The van der Waals surface area contributed by atoms with Gasteiger partial charge in [0.15, 0.2) is 0 Å². The molecule has 0 aliphatic heterocycles. The van der Waals surface area contributed by atoms with Gasteiger partial charge >= 0.3 is 5.97 Å². The van der Waals surface area contributed by atoms with Crippen LogP contribution < -0.4 is 0 Å². The third kappa shape index (κ3) is 2.49. The summed E-state index contributed by atoms with van der Waals surface area (Å²) >= 11 is 1.96. The summed E-state index contributed by atoms with van der Waals surface area (Å²) in [7, 11) is 1.36. The third-order valence-electron chi connectivity index (χ3n) is 1.54. The van der Waals surface area contributed by atoms with Crippen LogP contribution >= 0.6 is 22.6 Å². The van der Waals surface area contributed by atoms with Gasteiger partial charge in [0.1, 0.15) is 5.69 Å². The van der Waals surface area contributed by atoms with E-state index < -0.39 is 0 Å². The highest BCUT2D eigenvalue weighted by Crippen LogP contribution is 2.03. The predicted molar refractivity (Wildman–Crippen MR) is 57.6 cm³/mol. The summed E-state index contributed by atoms with van der Waals surface area (Å²) in [6.07, 6.45) is 1.80. The number of hydrogen-bond acceptors (Lipinski definition) is 2. The first-order valence-corrected chi connectivity index (χ1v) is 4.69. The molecule has 1 rings (SSSR count). The SMILES string of the molecule is COC(=O)c1cccn1CC#CI. The van der Waals surface area contributed by atoms with Gasteiger partial charge in [-0.25, -0.2) is 4.79 Å². The molecule has 4 heteroatoms. The zero-order valence-corrected chi connectivity index (χ0v) is 9.24. The first-order chi connectivity index (χ1) is 6.29. The number of methoxy groups -OCH3 is 1. The summed E-state index contributed by atoms with van der Waals surface area (Å²) in [5, 5.41) is 0. The molecule has 0 aliphatic carbocycles. The lowest BCUT2D eigenvalue weighted by Crippen LogP contribution is -2.09. The molecule has 0 N–H and O–H groups in total. The number of hydrogen-bond donors (Lipinski definition) is 0. The van der Waals surface area contributed by atoms with Gasteiger partial charge in [-0.05, 0) is 16.1 Å². The molecule has 0 radical (unpaired) electrons. The first-order valence-electron chi connectivity index (χ1n) is 3.61. The Kier molecular flexibility index (Phi) is 3.83. The van der Waals surface area contributed by atoms with Crippen LogP contribution in [0.1, 0.15) is 10.5 Å². The second-order valence-electron chi connectivity index (χ2n) is 2.28. The Hall–Kier alpha value is -0.960. The van der Waals surface area contributed by atoms with E-state index in [-0.39, 0.29) is 5.97 Å². The molecule has 0 spiro atoms. The quantitative estimate of drug-likeness (QED) is 0.471. The van der Waals surface area contributed by atoms with E-state index in [4.69, 9.17) is 0 Å². The lowest BCUT2D eigenvalue weighted by molar-refractivity contribution is 0.0589. The lowest BCUT2D eigenvalue weighted by atomic mass is 10.4. The number of esters is 1. The third-order valence-corrected chi connectivity index (χ3v) is 1.92. The van der Waals surface area contributed by atoms with Gasteiger partial charge in [0.25, 0.3) is 0 Å². The van der Waals surface area contributed by atoms with Crippen LogP contribution in [0.25, 0.3) is 0 Å². The number of nitrogens with zero attached hydrogens (tertiary/aromatic N) is 1. The molecule has 0 atom stereocenters. The van der Waals surface area contributed by atoms with Crippen LogP contribution in [0.3, 0.4) is 0 Å². The average molecular weight is 289 g/mol. The van der Waals surface area contributed by atoms with Gasteiger partial charge in [0.2, 0.25) is 0 Å². The topological polar surface area (TPSA) is 31.2 Å². The van der Waals surface area contributed by atoms with Crippen molar-refractivity contribution in [2.75, 3.05) is 7.11 Å². The van der Waals surface area contributed by atoms with Crippen LogP contribution in [0, 0.1) is 9.85 Å². The molecule has 1 heterocycles. The number of carbonyl (C=O) groups excluding carboxylic acids is 1. The van der Waals surface area contributed by atoms with E-state index in [1.54, 1.807) is 22.9 Å². The van der Waals surface area contributed by atoms with Crippen molar-refractivity contribution in [3.05, 3.63) is 24.0 Å². The van der Waals surface area contributed by atoms with E-state index in [9.17, 15) is 4.79 Å². The molecule has 68 valence electrons. The van der Waals surface area contributed by atoms with Crippen molar-refractivity contribution in [2.45, 2.75) is 6.54 Å². The number of halogens is 1. The van der Waals surface area contributed by atoms with Gasteiger partial charge in [0, 0.05) is 28.8 Å². The zero-order valence-electron chi connectivity index (χ0n) is 7.08. The molecule has 0 fully saturated rings. The molecule has 1 aromatic heterocycles. The molecule has 13 heavy (non-hydrogen) atoms. The molecular weight excluding hydrogens is 281 g/mol. The van der Waals surface area contributed by atoms with Crippen molar-refractivity contribution < 1.29 is 9.53 Å². The van der Waals surface area contributed by atoms with Crippen molar-refractivity contribution in [3.63, 3.8) is 0 Å². The van der Waals surface area contributed by atoms with Crippen LogP contribution in [0.15, 0.2) is 18.3 Å². The standard InChI is InChI=1S/C9H8INO2/c1-13-9(12)8-4-2-6-11(8)7-3-5-10/h2,4,6H,7H2,1H3. The number of rotatable bonds is 2. The Balaban J connectivity index is 2.86. The number of ether oxygens (including phenoxy) is 1. The van der Waals surface area contributed by atoms with Crippen molar-refractivity contribution >= 4 is 28.6 Å². The van der Waals surface area contributed by atoms with E-state index in [1.807, 2.05) is 22.6 Å². The smallest absolute Gasteiger partial charge is 0.354 e. The minimum Gasteiger partial charge on any atom is -0.464 e. The van der Waals surface area contributed by atoms with Gasteiger partial charge in [-0.1, -0.05) is 5.92 Å². The van der Waals surface area contributed by atoms with Crippen LogP contribution in [0.4, 0.5) is 0 Å². The molecule has 0 saturated carbocycles. The van der Waals surface area contributed by atoms with E-state index in [0.717, 1.165) is 0 Å². The zero-order chi connectivity index (χ0) is 9.68. The summed E-state index contributed by atoms with van der Waals surface area (Å²) in [5.41, 5.74) is 0.529. The minimum atomic E-state index is -0.333. The van der Waals surface area contributed by atoms with Crippen LogP contribution in [-0.2, 0) is 11.3 Å². The Morgan fingerprint density at radius 3 is 3.15 bits per heavy atom. The van der Waals surface area contributed by atoms with Crippen molar-refractivity contribution in [1.29, 1.82) is 0 Å². The van der Waals surface area contributed by atoms with Crippen LogP contribution in [0.2, 0.25) is 0 Å². The monoisotopic (exact) mass is 289 g/mol. The molecule has 0 unspecified atom stereocenters. The summed E-state index contributed by atoms with van der Waals surface area (Å²) in [4.78, 5) is 11.2. The van der Waals surface area contributed by atoms with Gasteiger partial charge in [-0.2, -0.15) is 0 Å². The lowest BCUT2D eigenvalue weighted by Gasteiger charge is -2.02. The van der Waals surface area contributed by atoms with Crippen molar-refractivity contribution in [3.8, 4) is 9.85 Å². The Labute approximate surface area is 90.2 Å².